The van der Waals surface area contributed by atoms with Crippen molar-refractivity contribution in [2.75, 3.05) is 50.8 Å². The number of pyridine rings is 1. The van der Waals surface area contributed by atoms with E-state index in [-0.39, 0.29) is 35.7 Å². The molecule has 2 aromatic carbocycles. The maximum Gasteiger partial charge on any atom is 0.225 e. The number of likely N-dealkylation sites (tertiary alicyclic amines) is 1. The number of benzene rings is 2. The number of rotatable bonds is 8. The molecule has 0 spiro atoms. The molecular formula is C31H33ClF2N4O4. The van der Waals surface area contributed by atoms with Gasteiger partial charge in [-0.25, -0.2) is 13.8 Å². The number of aromatic nitrogens is 1. The van der Waals surface area contributed by atoms with Crippen LogP contribution in [0.15, 0.2) is 48.5 Å². The lowest BCUT2D eigenvalue weighted by Crippen LogP contribution is -2.48. The van der Waals surface area contributed by atoms with Gasteiger partial charge in [-0.2, -0.15) is 0 Å². The van der Waals surface area contributed by atoms with Crippen LogP contribution >= 0.6 is 11.6 Å². The highest BCUT2D eigenvalue weighted by atomic mass is 35.5. The van der Waals surface area contributed by atoms with Gasteiger partial charge in [-0.3, -0.25) is 4.79 Å². The first-order valence-electron chi connectivity index (χ1n) is 14.3. The summed E-state index contributed by atoms with van der Waals surface area (Å²) in [7, 11) is 0. The van der Waals surface area contributed by atoms with Gasteiger partial charge in [-0.15, -0.1) is 0 Å². The van der Waals surface area contributed by atoms with Crippen LogP contribution in [0.3, 0.4) is 0 Å². The van der Waals surface area contributed by atoms with Crippen molar-refractivity contribution in [2.24, 2.45) is 5.92 Å². The van der Waals surface area contributed by atoms with Crippen molar-refractivity contribution in [3.63, 3.8) is 0 Å². The third-order valence-corrected chi connectivity index (χ3v) is 8.46. The predicted molar refractivity (Wildman–Crippen MR) is 155 cm³/mol. The Balaban J connectivity index is 1.17. The molecule has 2 fully saturated rings. The molecule has 0 bridgehead atoms. The van der Waals surface area contributed by atoms with Crippen LogP contribution in [-0.4, -0.2) is 72.9 Å². The number of hydrogen-bond acceptors (Lipinski definition) is 7. The van der Waals surface area contributed by atoms with E-state index in [1.807, 2.05) is 11.0 Å². The third kappa shape index (κ3) is 6.16. The van der Waals surface area contributed by atoms with Crippen LogP contribution in [0, 0.1) is 17.6 Å². The van der Waals surface area contributed by atoms with Gasteiger partial charge in [0, 0.05) is 25.2 Å². The topological polar surface area (TPSA) is 87.2 Å². The number of halogens is 3. The molecule has 2 N–H and O–H groups in total. The second-order valence-corrected chi connectivity index (χ2v) is 11.4. The maximum absolute atomic E-state index is 14.8. The first-order chi connectivity index (χ1) is 20.4. The Morgan fingerprint density at radius 2 is 1.83 bits per heavy atom. The lowest BCUT2D eigenvalue weighted by atomic mass is 9.99. The number of aliphatic hydroxyl groups is 1. The summed E-state index contributed by atoms with van der Waals surface area (Å²) in [6.45, 7) is 3.81. The Morgan fingerprint density at radius 1 is 1.07 bits per heavy atom. The van der Waals surface area contributed by atoms with Crippen molar-refractivity contribution in [1.82, 2.24) is 15.2 Å². The summed E-state index contributed by atoms with van der Waals surface area (Å²) in [4.78, 5) is 22.5. The number of hydrogen-bond donors (Lipinski definition) is 2. The average molecular weight is 599 g/mol. The van der Waals surface area contributed by atoms with Crippen molar-refractivity contribution >= 4 is 23.3 Å². The molecule has 1 amide bonds. The van der Waals surface area contributed by atoms with E-state index in [1.54, 1.807) is 24.3 Å². The van der Waals surface area contributed by atoms with Gasteiger partial charge < -0.3 is 29.7 Å². The second-order valence-electron chi connectivity index (χ2n) is 11.0. The van der Waals surface area contributed by atoms with Crippen molar-refractivity contribution in [3.8, 4) is 22.8 Å². The number of amides is 1. The fourth-order valence-corrected chi connectivity index (χ4v) is 6.12. The highest BCUT2D eigenvalue weighted by molar-refractivity contribution is 6.33. The summed E-state index contributed by atoms with van der Waals surface area (Å²) in [6, 6.07) is 11.8. The molecule has 3 aromatic rings. The summed E-state index contributed by atoms with van der Waals surface area (Å²) in [5, 5.41) is 14.9. The van der Waals surface area contributed by atoms with Crippen molar-refractivity contribution in [1.29, 1.82) is 0 Å². The smallest absolute Gasteiger partial charge is 0.225 e. The molecule has 8 nitrogen and oxygen atoms in total. The van der Waals surface area contributed by atoms with Crippen LogP contribution in [0.5, 0.6) is 11.5 Å². The molecule has 0 saturated carbocycles. The monoisotopic (exact) mass is 598 g/mol. The van der Waals surface area contributed by atoms with Crippen LogP contribution in [0.4, 0.5) is 14.6 Å². The summed E-state index contributed by atoms with van der Waals surface area (Å²) < 4.78 is 39.2. The Kier molecular flexibility index (Phi) is 8.46. The zero-order valence-electron chi connectivity index (χ0n) is 23.1. The third-order valence-electron chi connectivity index (χ3n) is 8.16. The molecule has 3 aliphatic rings. The number of carbonyl (C=O) groups is 1. The van der Waals surface area contributed by atoms with Crippen LogP contribution < -0.4 is 19.7 Å². The Hall–Kier alpha value is -3.47. The molecule has 0 unspecified atom stereocenters. The van der Waals surface area contributed by atoms with Crippen molar-refractivity contribution in [3.05, 3.63) is 70.8 Å². The first kappa shape index (κ1) is 28.6. The van der Waals surface area contributed by atoms with Gasteiger partial charge in [0.2, 0.25) is 5.91 Å². The summed E-state index contributed by atoms with van der Waals surface area (Å²) in [5.74, 6) is -0.478. The minimum Gasteiger partial charge on any atom is -0.486 e. The molecule has 3 atom stereocenters. The molecule has 222 valence electrons. The van der Waals surface area contributed by atoms with Gasteiger partial charge in [-0.1, -0.05) is 11.6 Å². The highest BCUT2D eigenvalue weighted by Gasteiger charge is 2.34. The number of carbonyl (C=O) groups excluding carboxylic acids is 1. The zero-order chi connectivity index (χ0) is 29.2. The standard InChI is InChI=1S/C31H33ClF2N4O4/c32-23-7-8-27(36-28(23)19-3-5-22(33)6-4-19)38-12-9-20(17-38)31(40)35-25(18-37-10-1-2-11-37)29(39)21-15-24(34)30-26(16-21)41-13-14-42-30/h3-8,15-16,20,25,29,39H,1-2,9-14,17-18H2,(H,35,40)/t20-,25-,29-/m1/s1. The largest absolute Gasteiger partial charge is 0.486 e. The molecule has 6 rings (SSSR count). The Morgan fingerprint density at radius 3 is 2.62 bits per heavy atom. The SMILES string of the molecule is O=C(N[C@H](CN1CCCC1)[C@H](O)c1cc(F)c2c(c1)OCCO2)[C@@H]1CCN(c2ccc(Cl)c(-c3ccc(F)cc3)n2)C1. The number of fused-ring (bicyclic) bond motifs is 1. The van der Waals surface area contributed by atoms with Gasteiger partial charge in [-0.05, 0) is 86.4 Å². The maximum atomic E-state index is 14.8. The van der Waals surface area contributed by atoms with Crippen LogP contribution in [0.2, 0.25) is 5.02 Å². The Labute approximate surface area is 248 Å². The van der Waals surface area contributed by atoms with Crippen LogP contribution in [0.25, 0.3) is 11.3 Å². The van der Waals surface area contributed by atoms with Gasteiger partial charge in [0.25, 0.3) is 0 Å². The van der Waals surface area contributed by atoms with E-state index in [0.29, 0.717) is 60.3 Å². The van der Waals surface area contributed by atoms with Crippen LogP contribution in [0.1, 0.15) is 30.9 Å². The quantitative estimate of drug-likeness (QED) is 0.392. The van der Waals surface area contributed by atoms with Crippen molar-refractivity contribution < 1.29 is 28.2 Å². The van der Waals surface area contributed by atoms with Gasteiger partial charge in [0.1, 0.15) is 31.0 Å². The number of ether oxygens (including phenoxy) is 2. The number of nitrogens with zero attached hydrogens (tertiary/aromatic N) is 3. The molecule has 0 aliphatic carbocycles. The first-order valence-corrected chi connectivity index (χ1v) is 14.7. The summed E-state index contributed by atoms with van der Waals surface area (Å²) >= 11 is 6.41. The predicted octanol–water partition coefficient (Wildman–Crippen LogP) is 4.59. The van der Waals surface area contributed by atoms with E-state index < -0.39 is 18.0 Å². The second kappa shape index (κ2) is 12.4. The highest BCUT2D eigenvalue weighted by Crippen LogP contribution is 2.37. The van der Waals surface area contributed by atoms with E-state index in [9.17, 15) is 18.7 Å². The normalized spacial score (nSPS) is 20.0. The molecule has 42 heavy (non-hydrogen) atoms. The minimum absolute atomic E-state index is 0.0433. The Bertz CT molecular complexity index is 1440. The van der Waals surface area contributed by atoms with E-state index in [4.69, 9.17) is 26.1 Å². The molecule has 1 aromatic heterocycles. The zero-order valence-corrected chi connectivity index (χ0v) is 23.8. The number of anilines is 1. The van der Waals surface area contributed by atoms with E-state index in [0.717, 1.165) is 25.9 Å². The molecule has 4 heterocycles. The van der Waals surface area contributed by atoms with E-state index in [1.165, 1.54) is 18.2 Å². The van der Waals surface area contributed by atoms with Crippen molar-refractivity contribution in [2.45, 2.75) is 31.4 Å². The summed E-state index contributed by atoms with van der Waals surface area (Å²) in [5.41, 5.74) is 1.57. The summed E-state index contributed by atoms with van der Waals surface area (Å²) in [6.07, 6.45) is 1.57. The van der Waals surface area contributed by atoms with Gasteiger partial charge in [0.05, 0.1) is 22.7 Å². The lowest BCUT2D eigenvalue weighted by Gasteiger charge is -2.30. The van der Waals surface area contributed by atoms with Gasteiger partial charge in [0.15, 0.2) is 17.3 Å². The number of aliphatic hydroxyl groups excluding tert-OH is 1. The molecule has 2 saturated heterocycles. The minimum atomic E-state index is -1.14. The van der Waals surface area contributed by atoms with E-state index in [2.05, 4.69) is 10.2 Å². The molecule has 0 radical (unpaired) electrons. The fraction of sp³-hybridized carbons (Fsp3) is 0.419. The van der Waals surface area contributed by atoms with Crippen LogP contribution in [-0.2, 0) is 4.79 Å². The number of nitrogens with one attached hydrogen (secondary N) is 1. The lowest BCUT2D eigenvalue weighted by molar-refractivity contribution is -0.126. The van der Waals surface area contributed by atoms with Gasteiger partial charge >= 0.3 is 0 Å². The fourth-order valence-electron chi connectivity index (χ4n) is 5.90. The van der Waals surface area contributed by atoms with E-state index >= 15 is 0 Å². The molecule has 3 aliphatic heterocycles. The molecule has 11 heteroatoms. The average Bonchev–Trinajstić information content (AvgIpc) is 3.70. The molecular weight excluding hydrogens is 566 g/mol.